The van der Waals surface area contributed by atoms with Crippen molar-refractivity contribution in [3.8, 4) is 0 Å². The van der Waals surface area contributed by atoms with E-state index in [1.165, 1.54) is 11.1 Å². The fraction of sp³-hybridized carbons (Fsp3) is 0.267. The van der Waals surface area contributed by atoms with E-state index in [0.29, 0.717) is 0 Å². The number of rotatable bonds is 5. The fourth-order valence-corrected chi connectivity index (χ4v) is 2.52. The third kappa shape index (κ3) is 4.17. The van der Waals surface area contributed by atoms with Crippen LogP contribution < -0.4 is 5.73 Å². The Morgan fingerprint density at radius 3 is 2.50 bits per heavy atom. The lowest BCUT2D eigenvalue weighted by molar-refractivity contribution is 0.734. The predicted molar refractivity (Wildman–Crippen MR) is 77.6 cm³/mol. The van der Waals surface area contributed by atoms with E-state index < -0.39 is 0 Å². The SMILES string of the molecule is CC(N)Cc1ccc(SCc2ccccc2)nc1. The summed E-state index contributed by atoms with van der Waals surface area (Å²) in [5, 5.41) is 1.06. The van der Waals surface area contributed by atoms with Crippen LogP contribution in [0.15, 0.2) is 53.7 Å². The molecule has 0 radical (unpaired) electrons. The lowest BCUT2D eigenvalue weighted by Crippen LogP contribution is -2.17. The molecule has 94 valence electrons. The van der Waals surface area contributed by atoms with Crippen LogP contribution in [-0.4, -0.2) is 11.0 Å². The Hall–Kier alpha value is -1.32. The average Bonchev–Trinajstić information content (AvgIpc) is 2.38. The second-order valence-corrected chi connectivity index (χ2v) is 5.46. The molecule has 0 amide bonds. The number of pyridine rings is 1. The summed E-state index contributed by atoms with van der Waals surface area (Å²) in [7, 11) is 0. The van der Waals surface area contributed by atoms with Crippen LogP contribution in [-0.2, 0) is 12.2 Å². The zero-order valence-corrected chi connectivity index (χ0v) is 11.4. The van der Waals surface area contributed by atoms with E-state index in [0.717, 1.165) is 17.2 Å². The summed E-state index contributed by atoms with van der Waals surface area (Å²) in [6, 6.07) is 14.8. The van der Waals surface area contributed by atoms with Crippen molar-refractivity contribution in [2.45, 2.75) is 30.2 Å². The van der Waals surface area contributed by atoms with Gasteiger partial charge in [-0.05, 0) is 30.5 Å². The maximum Gasteiger partial charge on any atom is 0.0963 e. The third-order valence-electron chi connectivity index (χ3n) is 2.58. The topological polar surface area (TPSA) is 38.9 Å². The Morgan fingerprint density at radius 1 is 1.11 bits per heavy atom. The first-order chi connectivity index (χ1) is 8.74. The maximum absolute atomic E-state index is 5.76. The minimum atomic E-state index is 0.189. The maximum atomic E-state index is 5.76. The lowest BCUT2D eigenvalue weighted by Gasteiger charge is -2.06. The van der Waals surface area contributed by atoms with Crippen LogP contribution in [0.2, 0.25) is 0 Å². The van der Waals surface area contributed by atoms with Crippen molar-refractivity contribution >= 4 is 11.8 Å². The Labute approximate surface area is 113 Å². The summed E-state index contributed by atoms with van der Waals surface area (Å²) in [5.41, 5.74) is 8.29. The molecule has 2 nitrogen and oxygen atoms in total. The van der Waals surface area contributed by atoms with Crippen molar-refractivity contribution in [3.05, 3.63) is 59.8 Å². The van der Waals surface area contributed by atoms with Gasteiger partial charge in [-0.3, -0.25) is 0 Å². The molecule has 2 aromatic rings. The number of benzene rings is 1. The van der Waals surface area contributed by atoms with Gasteiger partial charge in [0.1, 0.15) is 0 Å². The second kappa shape index (κ2) is 6.57. The Bertz CT molecular complexity index is 466. The molecule has 1 aromatic heterocycles. The van der Waals surface area contributed by atoms with E-state index >= 15 is 0 Å². The molecule has 2 rings (SSSR count). The van der Waals surface area contributed by atoms with Crippen molar-refractivity contribution in [2.24, 2.45) is 5.73 Å². The van der Waals surface area contributed by atoms with Gasteiger partial charge < -0.3 is 5.73 Å². The van der Waals surface area contributed by atoms with E-state index in [2.05, 4.69) is 41.4 Å². The molecule has 0 fully saturated rings. The highest BCUT2D eigenvalue weighted by Gasteiger charge is 2.00. The van der Waals surface area contributed by atoms with Crippen molar-refractivity contribution in [2.75, 3.05) is 0 Å². The zero-order chi connectivity index (χ0) is 12.8. The van der Waals surface area contributed by atoms with Crippen molar-refractivity contribution in [1.29, 1.82) is 0 Å². The van der Waals surface area contributed by atoms with Crippen molar-refractivity contribution in [1.82, 2.24) is 4.98 Å². The first-order valence-corrected chi connectivity index (χ1v) is 7.10. The van der Waals surface area contributed by atoms with E-state index in [4.69, 9.17) is 5.73 Å². The molecule has 18 heavy (non-hydrogen) atoms. The number of nitrogens with zero attached hydrogens (tertiary/aromatic N) is 1. The summed E-state index contributed by atoms with van der Waals surface area (Å²) in [6.45, 7) is 2.01. The van der Waals surface area contributed by atoms with Crippen LogP contribution in [0.3, 0.4) is 0 Å². The van der Waals surface area contributed by atoms with Gasteiger partial charge in [0.05, 0.1) is 5.03 Å². The number of hydrogen-bond acceptors (Lipinski definition) is 3. The van der Waals surface area contributed by atoms with Gasteiger partial charge in [-0.15, -0.1) is 11.8 Å². The summed E-state index contributed by atoms with van der Waals surface area (Å²) < 4.78 is 0. The highest BCUT2D eigenvalue weighted by atomic mass is 32.2. The average molecular weight is 258 g/mol. The molecule has 1 aromatic carbocycles. The van der Waals surface area contributed by atoms with Crippen LogP contribution in [0.25, 0.3) is 0 Å². The zero-order valence-electron chi connectivity index (χ0n) is 10.5. The monoisotopic (exact) mass is 258 g/mol. The van der Waals surface area contributed by atoms with Gasteiger partial charge >= 0.3 is 0 Å². The van der Waals surface area contributed by atoms with Crippen LogP contribution in [0.4, 0.5) is 0 Å². The molecule has 1 unspecified atom stereocenters. The van der Waals surface area contributed by atoms with Crippen LogP contribution in [0.1, 0.15) is 18.1 Å². The Kier molecular flexibility index (Phi) is 4.79. The molecule has 3 heteroatoms. The Balaban J connectivity index is 1.90. The fourth-order valence-electron chi connectivity index (χ4n) is 1.72. The molecule has 0 aliphatic heterocycles. The highest BCUT2D eigenvalue weighted by molar-refractivity contribution is 7.98. The van der Waals surface area contributed by atoms with Gasteiger partial charge in [-0.25, -0.2) is 4.98 Å². The van der Waals surface area contributed by atoms with E-state index in [1.807, 2.05) is 19.2 Å². The summed E-state index contributed by atoms with van der Waals surface area (Å²) >= 11 is 1.76. The van der Waals surface area contributed by atoms with Crippen LogP contribution in [0.5, 0.6) is 0 Å². The van der Waals surface area contributed by atoms with Gasteiger partial charge in [0.15, 0.2) is 0 Å². The van der Waals surface area contributed by atoms with Gasteiger partial charge in [0.2, 0.25) is 0 Å². The molecule has 1 heterocycles. The largest absolute Gasteiger partial charge is 0.328 e. The number of aromatic nitrogens is 1. The molecule has 0 spiro atoms. The quantitative estimate of drug-likeness (QED) is 0.837. The molecule has 0 saturated carbocycles. The summed E-state index contributed by atoms with van der Waals surface area (Å²) in [4.78, 5) is 4.45. The summed E-state index contributed by atoms with van der Waals surface area (Å²) in [5.74, 6) is 0.959. The number of nitrogens with two attached hydrogens (primary N) is 1. The van der Waals surface area contributed by atoms with Crippen LogP contribution >= 0.6 is 11.8 Å². The second-order valence-electron chi connectivity index (χ2n) is 4.46. The van der Waals surface area contributed by atoms with Gasteiger partial charge in [-0.2, -0.15) is 0 Å². The van der Waals surface area contributed by atoms with E-state index in [-0.39, 0.29) is 6.04 Å². The first-order valence-electron chi connectivity index (χ1n) is 6.11. The molecular formula is C15H18N2S. The van der Waals surface area contributed by atoms with Crippen molar-refractivity contribution < 1.29 is 0 Å². The smallest absolute Gasteiger partial charge is 0.0963 e. The molecule has 0 bridgehead atoms. The lowest BCUT2D eigenvalue weighted by atomic mass is 10.1. The molecule has 1 atom stereocenters. The molecule has 2 N–H and O–H groups in total. The normalized spacial score (nSPS) is 12.3. The van der Waals surface area contributed by atoms with Gasteiger partial charge in [0, 0.05) is 18.0 Å². The number of hydrogen-bond donors (Lipinski definition) is 1. The Morgan fingerprint density at radius 2 is 1.89 bits per heavy atom. The minimum Gasteiger partial charge on any atom is -0.328 e. The highest BCUT2D eigenvalue weighted by Crippen LogP contribution is 2.20. The van der Waals surface area contributed by atoms with Crippen LogP contribution in [0, 0.1) is 0 Å². The minimum absolute atomic E-state index is 0.189. The first kappa shape index (κ1) is 13.1. The third-order valence-corrected chi connectivity index (χ3v) is 3.60. The van der Waals surface area contributed by atoms with E-state index in [1.54, 1.807) is 11.8 Å². The molecule has 0 aliphatic rings. The molecule has 0 aliphatic carbocycles. The predicted octanol–water partition coefficient (Wildman–Crippen LogP) is 3.26. The molecular weight excluding hydrogens is 240 g/mol. The molecule has 0 saturated heterocycles. The summed E-state index contributed by atoms with van der Waals surface area (Å²) in [6.07, 6.45) is 2.81. The van der Waals surface area contributed by atoms with Crippen molar-refractivity contribution in [3.63, 3.8) is 0 Å². The van der Waals surface area contributed by atoms with E-state index in [9.17, 15) is 0 Å². The van der Waals surface area contributed by atoms with Gasteiger partial charge in [0.25, 0.3) is 0 Å². The van der Waals surface area contributed by atoms with Gasteiger partial charge in [-0.1, -0.05) is 36.4 Å². The number of thioether (sulfide) groups is 1. The standard InChI is InChI=1S/C15H18N2S/c1-12(16)9-14-7-8-15(17-10-14)18-11-13-5-3-2-4-6-13/h2-8,10,12H,9,11,16H2,1H3.